The second kappa shape index (κ2) is 8.06. The molecular formula is C24H28N2O3S. The summed E-state index contributed by atoms with van der Waals surface area (Å²) in [6.07, 6.45) is 8.04. The highest BCUT2D eigenvalue weighted by Gasteiger charge is 2.43. The maximum atomic E-state index is 13.4. The quantitative estimate of drug-likeness (QED) is 0.756. The van der Waals surface area contributed by atoms with Crippen molar-refractivity contribution in [3.05, 3.63) is 46.2 Å². The molecule has 1 N–H and O–H groups in total. The SMILES string of the molecule is O=C1c2cc(NC(=O)C3(c4cccs4)CCCC3)ccc2OCC[C@@H]2CCCCN12. The van der Waals surface area contributed by atoms with E-state index < -0.39 is 5.41 Å². The van der Waals surface area contributed by atoms with Crippen LogP contribution < -0.4 is 10.1 Å². The van der Waals surface area contributed by atoms with Gasteiger partial charge in [-0.2, -0.15) is 0 Å². The first-order valence-electron chi connectivity index (χ1n) is 11.1. The average molecular weight is 425 g/mol. The van der Waals surface area contributed by atoms with Crippen molar-refractivity contribution in [2.75, 3.05) is 18.5 Å². The Morgan fingerprint density at radius 2 is 2.00 bits per heavy atom. The molecule has 2 amide bonds. The zero-order valence-electron chi connectivity index (χ0n) is 17.2. The number of rotatable bonds is 3. The third-order valence-electron chi connectivity index (χ3n) is 6.95. The van der Waals surface area contributed by atoms with Crippen LogP contribution in [0.25, 0.3) is 0 Å². The highest BCUT2D eigenvalue weighted by Crippen LogP contribution is 2.44. The van der Waals surface area contributed by atoms with Crippen LogP contribution in [-0.2, 0) is 10.2 Å². The Morgan fingerprint density at radius 3 is 2.80 bits per heavy atom. The smallest absolute Gasteiger partial charge is 0.257 e. The Bertz CT molecular complexity index is 934. The molecule has 0 spiro atoms. The third-order valence-corrected chi connectivity index (χ3v) is 8.02. The minimum Gasteiger partial charge on any atom is -0.493 e. The van der Waals surface area contributed by atoms with Crippen molar-refractivity contribution >= 4 is 28.8 Å². The lowest BCUT2D eigenvalue weighted by Gasteiger charge is -2.37. The summed E-state index contributed by atoms with van der Waals surface area (Å²) in [6.45, 7) is 1.43. The highest BCUT2D eigenvalue weighted by atomic mass is 32.1. The van der Waals surface area contributed by atoms with Gasteiger partial charge in [0.25, 0.3) is 5.91 Å². The molecular weight excluding hydrogens is 396 g/mol. The van der Waals surface area contributed by atoms with Crippen LogP contribution in [-0.4, -0.2) is 35.9 Å². The topological polar surface area (TPSA) is 58.6 Å². The fraction of sp³-hybridized carbons (Fsp3) is 0.500. The molecule has 1 saturated carbocycles. The van der Waals surface area contributed by atoms with Crippen LogP contribution in [0, 0.1) is 0 Å². The minimum atomic E-state index is -0.448. The lowest BCUT2D eigenvalue weighted by molar-refractivity contribution is -0.121. The van der Waals surface area contributed by atoms with Gasteiger partial charge in [-0.15, -0.1) is 11.3 Å². The molecule has 1 atom stereocenters. The first kappa shape index (κ1) is 19.6. The molecule has 0 radical (unpaired) electrons. The van der Waals surface area contributed by atoms with E-state index in [2.05, 4.69) is 11.4 Å². The van der Waals surface area contributed by atoms with Gasteiger partial charge in [-0.05, 0) is 61.7 Å². The first-order chi connectivity index (χ1) is 14.7. The Labute approximate surface area is 181 Å². The van der Waals surface area contributed by atoms with E-state index in [0.717, 1.165) is 56.4 Å². The highest BCUT2D eigenvalue weighted by molar-refractivity contribution is 7.10. The van der Waals surface area contributed by atoms with Crippen LogP contribution in [0.15, 0.2) is 35.7 Å². The predicted molar refractivity (Wildman–Crippen MR) is 118 cm³/mol. The van der Waals surface area contributed by atoms with E-state index in [0.29, 0.717) is 23.6 Å². The predicted octanol–water partition coefficient (Wildman–Crippen LogP) is 4.98. The normalized spacial score (nSPS) is 23.0. The number of nitrogens with zero attached hydrogens (tertiary/aromatic N) is 1. The number of benzene rings is 1. The summed E-state index contributed by atoms with van der Waals surface area (Å²) in [5.41, 5.74) is 0.792. The van der Waals surface area contributed by atoms with Crippen LogP contribution >= 0.6 is 11.3 Å². The van der Waals surface area contributed by atoms with Crippen molar-refractivity contribution in [1.29, 1.82) is 0 Å². The molecule has 5 rings (SSSR count). The van der Waals surface area contributed by atoms with Gasteiger partial charge in [0.2, 0.25) is 5.91 Å². The molecule has 1 saturated heterocycles. The molecule has 2 aromatic rings. The molecule has 3 aliphatic rings. The molecule has 0 bridgehead atoms. The molecule has 1 aromatic heterocycles. The van der Waals surface area contributed by atoms with Gasteiger partial charge in [-0.3, -0.25) is 9.59 Å². The van der Waals surface area contributed by atoms with E-state index in [9.17, 15) is 9.59 Å². The van der Waals surface area contributed by atoms with Crippen molar-refractivity contribution in [2.45, 2.75) is 62.8 Å². The van der Waals surface area contributed by atoms with Gasteiger partial charge >= 0.3 is 0 Å². The van der Waals surface area contributed by atoms with Gasteiger partial charge in [-0.1, -0.05) is 18.9 Å². The molecule has 3 heterocycles. The number of piperidine rings is 1. The Hall–Kier alpha value is -2.34. The number of nitrogens with one attached hydrogen (secondary N) is 1. The van der Waals surface area contributed by atoms with Crippen molar-refractivity contribution in [3.63, 3.8) is 0 Å². The van der Waals surface area contributed by atoms with Gasteiger partial charge in [-0.25, -0.2) is 0 Å². The van der Waals surface area contributed by atoms with Crippen molar-refractivity contribution in [2.24, 2.45) is 0 Å². The molecule has 2 fully saturated rings. The summed E-state index contributed by atoms with van der Waals surface area (Å²) >= 11 is 1.66. The Morgan fingerprint density at radius 1 is 1.13 bits per heavy atom. The van der Waals surface area contributed by atoms with Crippen molar-refractivity contribution < 1.29 is 14.3 Å². The van der Waals surface area contributed by atoms with E-state index in [4.69, 9.17) is 4.74 Å². The molecule has 30 heavy (non-hydrogen) atoms. The first-order valence-corrected chi connectivity index (χ1v) is 12.0. The summed E-state index contributed by atoms with van der Waals surface area (Å²) in [7, 11) is 0. The maximum Gasteiger partial charge on any atom is 0.257 e. The lowest BCUT2D eigenvalue weighted by atomic mass is 9.83. The van der Waals surface area contributed by atoms with E-state index in [1.807, 2.05) is 34.5 Å². The number of hydrogen-bond acceptors (Lipinski definition) is 4. The summed E-state index contributed by atoms with van der Waals surface area (Å²) in [5.74, 6) is 0.688. The van der Waals surface area contributed by atoms with Crippen LogP contribution in [0.1, 0.15) is 66.6 Å². The van der Waals surface area contributed by atoms with Gasteiger partial charge in [0, 0.05) is 29.6 Å². The summed E-state index contributed by atoms with van der Waals surface area (Å²) in [4.78, 5) is 29.9. The zero-order chi connectivity index (χ0) is 20.6. The largest absolute Gasteiger partial charge is 0.493 e. The van der Waals surface area contributed by atoms with Gasteiger partial charge in [0.15, 0.2) is 0 Å². The number of amides is 2. The van der Waals surface area contributed by atoms with E-state index in [1.165, 1.54) is 6.42 Å². The van der Waals surface area contributed by atoms with Gasteiger partial charge < -0.3 is 15.0 Å². The number of anilines is 1. The van der Waals surface area contributed by atoms with Crippen LogP contribution in [0.5, 0.6) is 5.75 Å². The maximum absolute atomic E-state index is 13.4. The lowest BCUT2D eigenvalue weighted by Crippen LogP contribution is -2.45. The minimum absolute atomic E-state index is 0.0272. The third kappa shape index (κ3) is 3.41. The molecule has 158 valence electrons. The number of hydrogen-bond donors (Lipinski definition) is 1. The molecule has 2 aliphatic heterocycles. The standard InChI is InChI=1S/C24H28N2O3S/c27-22-19-16-17(8-9-20(19)29-14-10-18-6-1-4-13-26(18)22)25-23(28)24(11-2-3-12-24)21-7-5-15-30-21/h5,7-9,15-16,18H,1-4,6,10-14H2,(H,25,28)/t18-/m0/s1. The van der Waals surface area contributed by atoms with E-state index >= 15 is 0 Å². The average Bonchev–Trinajstić information content (AvgIpc) is 3.46. The summed E-state index contributed by atoms with van der Waals surface area (Å²) in [6, 6.07) is 9.85. The fourth-order valence-electron chi connectivity index (χ4n) is 5.29. The zero-order valence-corrected chi connectivity index (χ0v) is 18.0. The second-order valence-electron chi connectivity index (χ2n) is 8.72. The number of fused-ring (bicyclic) bond motifs is 2. The molecule has 1 aliphatic carbocycles. The van der Waals surface area contributed by atoms with Gasteiger partial charge in [0.05, 0.1) is 17.6 Å². The number of ether oxygens (including phenoxy) is 1. The monoisotopic (exact) mass is 424 g/mol. The van der Waals surface area contributed by atoms with Crippen molar-refractivity contribution in [3.8, 4) is 5.75 Å². The number of carbonyl (C=O) groups excluding carboxylic acids is 2. The molecule has 6 heteroatoms. The van der Waals surface area contributed by atoms with Gasteiger partial charge in [0.1, 0.15) is 5.75 Å². The van der Waals surface area contributed by atoms with Crippen LogP contribution in [0.3, 0.4) is 0 Å². The Kier molecular flexibility index (Phi) is 5.27. The Balaban J connectivity index is 1.42. The van der Waals surface area contributed by atoms with Crippen LogP contribution in [0.4, 0.5) is 5.69 Å². The molecule has 0 unspecified atom stereocenters. The number of thiophene rings is 1. The van der Waals surface area contributed by atoms with Crippen molar-refractivity contribution in [1.82, 2.24) is 4.90 Å². The molecule has 5 nitrogen and oxygen atoms in total. The summed E-state index contributed by atoms with van der Waals surface area (Å²) in [5, 5.41) is 5.17. The van der Waals surface area contributed by atoms with Crippen LogP contribution in [0.2, 0.25) is 0 Å². The van der Waals surface area contributed by atoms with E-state index in [-0.39, 0.29) is 17.9 Å². The molecule has 1 aromatic carbocycles. The fourth-order valence-corrected chi connectivity index (χ4v) is 6.28. The van der Waals surface area contributed by atoms with E-state index in [1.54, 1.807) is 11.3 Å². The number of carbonyl (C=O) groups is 2. The summed E-state index contributed by atoms with van der Waals surface area (Å²) < 4.78 is 5.93. The second-order valence-corrected chi connectivity index (χ2v) is 9.66.